The fourth-order valence-electron chi connectivity index (χ4n) is 4.19. The van der Waals surface area contributed by atoms with Crippen LogP contribution in [0.15, 0.2) is 54.6 Å². The summed E-state index contributed by atoms with van der Waals surface area (Å²) in [6.45, 7) is 2.09. The Kier molecular flexibility index (Phi) is 3.12. The van der Waals surface area contributed by atoms with Crippen LogP contribution in [0.25, 0.3) is 10.8 Å². The highest BCUT2D eigenvalue weighted by Crippen LogP contribution is 2.48. The molecule has 0 saturated carbocycles. The Hall–Kier alpha value is -2.03. The van der Waals surface area contributed by atoms with Crippen LogP contribution in [0.5, 0.6) is 0 Å². The lowest BCUT2D eigenvalue weighted by Gasteiger charge is -2.32. The predicted molar refractivity (Wildman–Crippen MR) is 98.6 cm³/mol. The number of benzene rings is 3. The second-order valence-corrected chi connectivity index (χ2v) is 7.16. The summed E-state index contributed by atoms with van der Waals surface area (Å²) in [5.41, 5.74) is 4.95. The van der Waals surface area contributed by atoms with E-state index >= 15 is 0 Å². The summed E-state index contributed by atoms with van der Waals surface area (Å²) in [5, 5.41) is 5.51. The second kappa shape index (κ2) is 5.23. The van der Waals surface area contributed by atoms with Crippen molar-refractivity contribution >= 4 is 28.1 Å². The Labute approximate surface area is 146 Å². The van der Waals surface area contributed by atoms with Crippen molar-refractivity contribution in [1.82, 2.24) is 0 Å². The topological polar surface area (TPSA) is 12.5 Å². The molecular formula is C21H18ClNO. The van der Waals surface area contributed by atoms with E-state index in [2.05, 4.69) is 60.5 Å². The van der Waals surface area contributed by atoms with E-state index in [0.717, 1.165) is 29.1 Å². The van der Waals surface area contributed by atoms with Crippen molar-refractivity contribution in [2.45, 2.75) is 31.9 Å². The van der Waals surface area contributed by atoms with Crippen molar-refractivity contribution in [2.75, 3.05) is 5.06 Å². The fourth-order valence-corrected chi connectivity index (χ4v) is 4.35. The SMILES string of the molecule is Cc1c(Cl)ccc2c1N1O[C@H](C2)C[C@H]1c1cccc2ccccc12. The number of nitrogens with zero attached hydrogens (tertiary/aromatic N) is 1. The molecule has 0 spiro atoms. The molecule has 0 unspecified atom stereocenters. The molecule has 1 saturated heterocycles. The van der Waals surface area contributed by atoms with Gasteiger partial charge >= 0.3 is 0 Å². The number of hydrogen-bond acceptors (Lipinski definition) is 2. The minimum atomic E-state index is 0.236. The summed E-state index contributed by atoms with van der Waals surface area (Å²) in [7, 11) is 0. The smallest absolute Gasteiger partial charge is 0.0921 e. The third-order valence-electron chi connectivity index (χ3n) is 5.33. The van der Waals surface area contributed by atoms with Crippen LogP contribution in [-0.4, -0.2) is 6.10 Å². The molecule has 5 rings (SSSR count). The van der Waals surface area contributed by atoms with E-state index in [1.807, 2.05) is 6.07 Å². The standard InChI is InChI=1S/C21H18ClNO/c1-13-19(22)10-9-15-11-16-12-20(23(24-16)21(13)15)18-8-4-6-14-5-2-3-7-17(14)18/h2-10,16,20H,11-12H2,1H3/t16-,20+/m1/s1. The molecule has 0 aliphatic carbocycles. The molecule has 3 heteroatoms. The number of rotatable bonds is 1. The van der Waals surface area contributed by atoms with Gasteiger partial charge in [0.2, 0.25) is 0 Å². The summed E-state index contributed by atoms with van der Waals surface area (Å²) < 4.78 is 0. The number of hydrogen-bond donors (Lipinski definition) is 0. The number of hydroxylamine groups is 1. The van der Waals surface area contributed by atoms with Crippen LogP contribution in [0.1, 0.15) is 29.2 Å². The molecule has 2 nitrogen and oxygen atoms in total. The van der Waals surface area contributed by atoms with Crippen molar-refractivity contribution in [3.8, 4) is 0 Å². The van der Waals surface area contributed by atoms with Crippen LogP contribution >= 0.6 is 11.6 Å². The van der Waals surface area contributed by atoms with Gasteiger partial charge in [-0.3, -0.25) is 4.84 Å². The summed E-state index contributed by atoms with van der Waals surface area (Å²) >= 11 is 6.39. The van der Waals surface area contributed by atoms with Crippen molar-refractivity contribution < 1.29 is 4.84 Å². The molecule has 2 aliphatic rings. The van der Waals surface area contributed by atoms with E-state index in [9.17, 15) is 0 Å². The Morgan fingerprint density at radius 2 is 1.88 bits per heavy atom. The summed E-state index contributed by atoms with van der Waals surface area (Å²) in [4.78, 5) is 6.25. The first kappa shape index (κ1) is 14.3. The number of fused-ring (bicyclic) bond motifs is 5. The minimum absolute atomic E-state index is 0.236. The first-order valence-corrected chi connectivity index (χ1v) is 8.82. The van der Waals surface area contributed by atoms with Crippen LogP contribution in [0.3, 0.4) is 0 Å². The number of halogens is 1. The Morgan fingerprint density at radius 3 is 2.79 bits per heavy atom. The van der Waals surface area contributed by atoms with Crippen molar-refractivity contribution in [3.63, 3.8) is 0 Å². The number of anilines is 1. The van der Waals surface area contributed by atoms with Gasteiger partial charge in [-0.25, -0.2) is 5.06 Å². The van der Waals surface area contributed by atoms with Crippen LogP contribution in [-0.2, 0) is 11.3 Å². The Balaban J connectivity index is 1.69. The Bertz CT molecular complexity index is 946. The zero-order chi connectivity index (χ0) is 16.3. The maximum Gasteiger partial charge on any atom is 0.0921 e. The molecule has 0 aromatic heterocycles. The van der Waals surface area contributed by atoms with Crippen molar-refractivity contribution in [1.29, 1.82) is 0 Å². The molecule has 2 aliphatic heterocycles. The van der Waals surface area contributed by atoms with E-state index in [4.69, 9.17) is 16.4 Å². The quantitative estimate of drug-likeness (QED) is 0.573. The van der Waals surface area contributed by atoms with Gasteiger partial charge in [-0.1, -0.05) is 60.1 Å². The Morgan fingerprint density at radius 1 is 1.04 bits per heavy atom. The van der Waals surface area contributed by atoms with Gasteiger partial charge in [0.1, 0.15) is 0 Å². The molecule has 2 bridgehead atoms. The van der Waals surface area contributed by atoms with E-state index < -0.39 is 0 Å². The molecule has 2 heterocycles. The summed E-state index contributed by atoms with van der Waals surface area (Å²) in [6, 6.07) is 19.5. The lowest BCUT2D eigenvalue weighted by Crippen LogP contribution is -2.28. The lowest BCUT2D eigenvalue weighted by molar-refractivity contribution is 0.0732. The van der Waals surface area contributed by atoms with Crippen molar-refractivity contribution in [2.24, 2.45) is 0 Å². The minimum Gasteiger partial charge on any atom is -0.269 e. The van der Waals surface area contributed by atoms with E-state index in [-0.39, 0.29) is 12.1 Å². The molecule has 3 aromatic rings. The van der Waals surface area contributed by atoms with Crippen LogP contribution in [0.4, 0.5) is 5.69 Å². The average Bonchev–Trinajstić information content (AvgIpc) is 2.94. The van der Waals surface area contributed by atoms with E-state index in [1.54, 1.807) is 0 Å². The lowest BCUT2D eigenvalue weighted by atomic mass is 9.95. The molecule has 120 valence electrons. The molecular weight excluding hydrogens is 318 g/mol. The maximum atomic E-state index is 6.39. The molecule has 0 N–H and O–H groups in total. The zero-order valence-electron chi connectivity index (χ0n) is 13.5. The third-order valence-corrected chi connectivity index (χ3v) is 5.74. The summed E-state index contributed by atoms with van der Waals surface area (Å²) in [5.74, 6) is 0. The van der Waals surface area contributed by atoms with Gasteiger partial charge in [-0.2, -0.15) is 0 Å². The zero-order valence-corrected chi connectivity index (χ0v) is 14.3. The maximum absolute atomic E-state index is 6.39. The van der Waals surface area contributed by atoms with Gasteiger partial charge < -0.3 is 0 Å². The molecule has 1 fully saturated rings. The second-order valence-electron chi connectivity index (χ2n) is 6.76. The van der Waals surface area contributed by atoms with Gasteiger partial charge in [0.05, 0.1) is 17.8 Å². The molecule has 24 heavy (non-hydrogen) atoms. The first-order chi connectivity index (χ1) is 11.7. The largest absolute Gasteiger partial charge is 0.269 e. The van der Waals surface area contributed by atoms with Gasteiger partial charge in [0.25, 0.3) is 0 Å². The highest BCUT2D eigenvalue weighted by Gasteiger charge is 2.41. The third kappa shape index (κ3) is 2.00. The van der Waals surface area contributed by atoms with Gasteiger partial charge in [-0.15, -0.1) is 0 Å². The van der Waals surface area contributed by atoms with Crippen LogP contribution in [0, 0.1) is 6.92 Å². The molecule has 0 amide bonds. The van der Waals surface area contributed by atoms with Gasteiger partial charge in [0.15, 0.2) is 0 Å². The molecule has 0 radical (unpaired) electrons. The fraction of sp³-hybridized carbons (Fsp3) is 0.238. The predicted octanol–water partition coefficient (Wildman–Crippen LogP) is 5.61. The monoisotopic (exact) mass is 335 g/mol. The summed E-state index contributed by atoms with van der Waals surface area (Å²) in [6.07, 6.45) is 2.23. The van der Waals surface area contributed by atoms with Crippen LogP contribution in [0.2, 0.25) is 5.02 Å². The van der Waals surface area contributed by atoms with Crippen LogP contribution < -0.4 is 5.06 Å². The van der Waals surface area contributed by atoms with E-state index in [0.29, 0.717) is 0 Å². The van der Waals surface area contributed by atoms with Gasteiger partial charge in [-0.05, 0) is 40.5 Å². The normalized spacial score (nSPS) is 22.0. The highest BCUT2D eigenvalue weighted by atomic mass is 35.5. The highest BCUT2D eigenvalue weighted by molar-refractivity contribution is 6.31. The van der Waals surface area contributed by atoms with Gasteiger partial charge in [0, 0.05) is 17.9 Å². The average molecular weight is 336 g/mol. The molecule has 3 aromatic carbocycles. The van der Waals surface area contributed by atoms with Crippen molar-refractivity contribution in [3.05, 3.63) is 76.3 Å². The first-order valence-electron chi connectivity index (χ1n) is 8.44. The van der Waals surface area contributed by atoms with E-state index in [1.165, 1.54) is 21.9 Å². The molecule has 2 atom stereocenters.